The number of benzene rings is 1. The largest absolute Gasteiger partial charge is 0.495 e. The van der Waals surface area contributed by atoms with Crippen LogP contribution in [-0.2, 0) is 4.74 Å². The van der Waals surface area contributed by atoms with Crippen LogP contribution >= 0.6 is 0 Å². The number of nitrogens with zero attached hydrogens (tertiary/aromatic N) is 5. The first-order valence-electron chi connectivity index (χ1n) is 9.49. The highest BCUT2D eigenvalue weighted by atomic mass is 16.5. The lowest BCUT2D eigenvalue weighted by Crippen LogP contribution is -2.37. The van der Waals surface area contributed by atoms with Crippen LogP contribution in [0.5, 0.6) is 5.75 Å². The molecule has 146 valence electrons. The van der Waals surface area contributed by atoms with Gasteiger partial charge in [0.2, 0.25) is 0 Å². The van der Waals surface area contributed by atoms with Crippen molar-refractivity contribution in [2.75, 3.05) is 32.2 Å². The average molecular weight is 379 g/mol. The van der Waals surface area contributed by atoms with Crippen LogP contribution in [0.3, 0.4) is 0 Å². The van der Waals surface area contributed by atoms with E-state index < -0.39 is 0 Å². The summed E-state index contributed by atoms with van der Waals surface area (Å²) >= 11 is 0. The van der Waals surface area contributed by atoms with Crippen LogP contribution < -0.4 is 9.64 Å². The summed E-state index contributed by atoms with van der Waals surface area (Å²) in [7, 11) is 3.45. The smallest absolute Gasteiger partial charge is 0.151 e. The molecule has 28 heavy (non-hydrogen) atoms. The van der Waals surface area contributed by atoms with Gasteiger partial charge in [-0.15, -0.1) is 10.2 Å². The van der Waals surface area contributed by atoms with Crippen LogP contribution in [0.2, 0.25) is 0 Å². The predicted molar refractivity (Wildman–Crippen MR) is 108 cm³/mol. The number of methoxy groups -OCH3 is 2. The molecule has 1 aliphatic rings. The van der Waals surface area contributed by atoms with E-state index in [1.807, 2.05) is 48.0 Å². The normalized spacial score (nSPS) is 15.0. The van der Waals surface area contributed by atoms with E-state index in [0.29, 0.717) is 6.10 Å². The van der Waals surface area contributed by atoms with E-state index in [-0.39, 0.29) is 0 Å². The Balaban J connectivity index is 1.54. The van der Waals surface area contributed by atoms with Crippen molar-refractivity contribution in [3.05, 3.63) is 48.5 Å². The topological polar surface area (TPSA) is 65.3 Å². The average Bonchev–Trinajstić information content (AvgIpc) is 3.19. The fourth-order valence-corrected chi connectivity index (χ4v) is 3.57. The van der Waals surface area contributed by atoms with Crippen LogP contribution in [0.25, 0.3) is 16.9 Å². The SMILES string of the molecule is COc1cc(-c2ccc(N3CCC(OC)CC3)nn2)ccc1-n1cnc(C)c1. The van der Waals surface area contributed by atoms with Crippen molar-refractivity contribution in [1.82, 2.24) is 19.7 Å². The number of rotatable bonds is 5. The fraction of sp³-hybridized carbons (Fsp3) is 0.381. The van der Waals surface area contributed by atoms with Gasteiger partial charge < -0.3 is 18.9 Å². The van der Waals surface area contributed by atoms with Crippen LogP contribution in [0.15, 0.2) is 42.9 Å². The molecule has 0 radical (unpaired) electrons. The summed E-state index contributed by atoms with van der Waals surface area (Å²) in [5.74, 6) is 1.68. The minimum Gasteiger partial charge on any atom is -0.495 e. The third-order valence-corrected chi connectivity index (χ3v) is 5.22. The summed E-state index contributed by atoms with van der Waals surface area (Å²) in [4.78, 5) is 6.55. The quantitative estimate of drug-likeness (QED) is 0.678. The zero-order valence-electron chi connectivity index (χ0n) is 16.5. The second-order valence-electron chi connectivity index (χ2n) is 7.01. The number of piperidine rings is 1. The third kappa shape index (κ3) is 3.71. The van der Waals surface area contributed by atoms with E-state index in [9.17, 15) is 0 Å². The summed E-state index contributed by atoms with van der Waals surface area (Å²) in [6, 6.07) is 10.1. The van der Waals surface area contributed by atoms with Crippen LogP contribution in [0, 0.1) is 6.92 Å². The first-order chi connectivity index (χ1) is 13.7. The molecule has 1 aliphatic heterocycles. The molecule has 3 aromatic rings. The first-order valence-corrected chi connectivity index (χ1v) is 9.49. The van der Waals surface area contributed by atoms with Gasteiger partial charge in [0.25, 0.3) is 0 Å². The molecular weight excluding hydrogens is 354 g/mol. The summed E-state index contributed by atoms with van der Waals surface area (Å²) in [6.45, 7) is 3.85. The Hall–Kier alpha value is -2.93. The molecule has 2 aromatic heterocycles. The molecule has 0 atom stereocenters. The minimum atomic E-state index is 0.355. The molecule has 0 unspecified atom stereocenters. The minimum absolute atomic E-state index is 0.355. The second-order valence-corrected chi connectivity index (χ2v) is 7.01. The standard InChI is InChI=1S/C21H25N5O2/c1-15-13-26(14-22-15)19-6-4-16(12-20(19)28-3)18-5-7-21(24-23-18)25-10-8-17(27-2)9-11-25/h4-7,12-14,17H,8-11H2,1-3H3. The van der Waals surface area contributed by atoms with Crippen LogP contribution in [0.4, 0.5) is 5.82 Å². The molecule has 0 spiro atoms. The van der Waals surface area contributed by atoms with Crippen molar-refractivity contribution >= 4 is 5.82 Å². The van der Waals surface area contributed by atoms with Crippen molar-refractivity contribution in [1.29, 1.82) is 0 Å². The summed E-state index contributed by atoms with van der Waals surface area (Å²) in [5, 5.41) is 8.90. The number of anilines is 1. The molecule has 0 saturated carbocycles. The lowest BCUT2D eigenvalue weighted by molar-refractivity contribution is 0.0817. The highest BCUT2D eigenvalue weighted by molar-refractivity contribution is 5.65. The third-order valence-electron chi connectivity index (χ3n) is 5.22. The predicted octanol–water partition coefficient (Wildman–Crippen LogP) is 3.26. The monoisotopic (exact) mass is 379 g/mol. The molecule has 3 heterocycles. The molecule has 0 aliphatic carbocycles. The van der Waals surface area contributed by atoms with Gasteiger partial charge in [-0.3, -0.25) is 0 Å². The van der Waals surface area contributed by atoms with Gasteiger partial charge in [0.15, 0.2) is 5.82 Å². The molecule has 1 fully saturated rings. The summed E-state index contributed by atoms with van der Waals surface area (Å²) in [6.07, 6.45) is 6.15. The molecule has 7 heteroatoms. The van der Waals surface area contributed by atoms with Gasteiger partial charge in [0.1, 0.15) is 5.75 Å². The number of hydrogen-bond donors (Lipinski definition) is 0. The van der Waals surface area contributed by atoms with E-state index in [1.54, 1.807) is 20.5 Å². The first kappa shape index (κ1) is 18.4. The zero-order valence-corrected chi connectivity index (χ0v) is 16.5. The Bertz CT molecular complexity index is 930. The van der Waals surface area contributed by atoms with Crippen molar-refractivity contribution in [3.63, 3.8) is 0 Å². The zero-order chi connectivity index (χ0) is 19.5. The van der Waals surface area contributed by atoms with Crippen molar-refractivity contribution in [2.24, 2.45) is 0 Å². The number of aromatic nitrogens is 4. The molecular formula is C21H25N5O2. The molecule has 0 bridgehead atoms. The molecule has 0 amide bonds. The van der Waals surface area contributed by atoms with Gasteiger partial charge >= 0.3 is 0 Å². The van der Waals surface area contributed by atoms with Gasteiger partial charge in [-0.2, -0.15) is 0 Å². The van der Waals surface area contributed by atoms with Gasteiger partial charge in [0.05, 0.1) is 36.6 Å². The number of hydrogen-bond acceptors (Lipinski definition) is 6. The Morgan fingerprint density at radius 1 is 1.04 bits per heavy atom. The number of aryl methyl sites for hydroxylation is 1. The second kappa shape index (κ2) is 7.98. The molecule has 1 aromatic carbocycles. The highest BCUT2D eigenvalue weighted by Gasteiger charge is 2.20. The van der Waals surface area contributed by atoms with Crippen molar-refractivity contribution in [3.8, 4) is 22.7 Å². The lowest BCUT2D eigenvalue weighted by Gasteiger charge is -2.31. The van der Waals surface area contributed by atoms with Gasteiger partial charge in [-0.25, -0.2) is 4.98 Å². The fourth-order valence-electron chi connectivity index (χ4n) is 3.57. The molecule has 0 N–H and O–H groups in total. The maximum Gasteiger partial charge on any atom is 0.151 e. The highest BCUT2D eigenvalue weighted by Crippen LogP contribution is 2.29. The van der Waals surface area contributed by atoms with E-state index in [0.717, 1.165) is 60.1 Å². The van der Waals surface area contributed by atoms with Gasteiger partial charge in [0, 0.05) is 32.0 Å². The van der Waals surface area contributed by atoms with Crippen molar-refractivity contribution in [2.45, 2.75) is 25.9 Å². The van der Waals surface area contributed by atoms with Gasteiger partial charge in [-0.1, -0.05) is 6.07 Å². The summed E-state index contributed by atoms with van der Waals surface area (Å²) in [5.41, 5.74) is 3.69. The molecule has 1 saturated heterocycles. The molecule has 7 nitrogen and oxygen atoms in total. The Labute approximate surface area is 164 Å². The Kier molecular flexibility index (Phi) is 5.25. The maximum absolute atomic E-state index is 5.59. The van der Waals surface area contributed by atoms with E-state index in [4.69, 9.17) is 9.47 Å². The summed E-state index contributed by atoms with van der Waals surface area (Å²) < 4.78 is 13.0. The Morgan fingerprint density at radius 3 is 2.46 bits per heavy atom. The Morgan fingerprint density at radius 2 is 1.86 bits per heavy atom. The van der Waals surface area contributed by atoms with E-state index in [1.165, 1.54) is 0 Å². The number of ether oxygens (including phenoxy) is 2. The van der Waals surface area contributed by atoms with Crippen LogP contribution in [-0.4, -0.2) is 53.2 Å². The maximum atomic E-state index is 5.59. The molecule has 4 rings (SSSR count). The van der Waals surface area contributed by atoms with Crippen molar-refractivity contribution < 1.29 is 9.47 Å². The van der Waals surface area contributed by atoms with Crippen LogP contribution in [0.1, 0.15) is 18.5 Å². The van der Waals surface area contributed by atoms with Gasteiger partial charge in [-0.05, 0) is 44.0 Å². The van der Waals surface area contributed by atoms with E-state index in [2.05, 4.69) is 20.1 Å². The lowest BCUT2D eigenvalue weighted by atomic mass is 10.1. The number of imidazole rings is 1. The van der Waals surface area contributed by atoms with E-state index >= 15 is 0 Å².